The molecule has 0 radical (unpaired) electrons. The van der Waals surface area contributed by atoms with Gasteiger partial charge in [0.05, 0.1) is 22.2 Å². The number of ketones is 1. The second-order valence-corrected chi connectivity index (χ2v) is 10.1. The SMILES string of the molecule is O=C(c1c(F)ccc(NS(=O)(=O)c2ccccc2F)c1F)c1c[nH]c2ncnc(NC3CCCC3)c12. The number of carbonyl (C=O) groups excluding carboxylic acids is 1. The van der Waals surface area contributed by atoms with E-state index in [2.05, 4.69) is 20.3 Å². The van der Waals surface area contributed by atoms with Crippen LogP contribution in [0.1, 0.15) is 41.6 Å². The van der Waals surface area contributed by atoms with Crippen molar-refractivity contribution in [2.45, 2.75) is 36.6 Å². The molecule has 0 atom stereocenters. The molecule has 8 nitrogen and oxygen atoms in total. The number of carbonyl (C=O) groups is 1. The lowest BCUT2D eigenvalue weighted by Crippen LogP contribution is -2.18. The van der Waals surface area contributed by atoms with Gasteiger partial charge in [-0.05, 0) is 37.1 Å². The lowest BCUT2D eigenvalue weighted by molar-refractivity contribution is 0.103. The van der Waals surface area contributed by atoms with Crippen LogP contribution in [0.4, 0.5) is 24.7 Å². The van der Waals surface area contributed by atoms with Gasteiger partial charge in [0.1, 0.15) is 34.3 Å². The van der Waals surface area contributed by atoms with E-state index in [-0.39, 0.29) is 17.0 Å². The maximum Gasteiger partial charge on any atom is 0.264 e. The molecule has 5 rings (SSSR count). The van der Waals surface area contributed by atoms with Crippen molar-refractivity contribution in [1.82, 2.24) is 15.0 Å². The molecule has 0 amide bonds. The molecule has 2 aromatic heterocycles. The smallest absolute Gasteiger partial charge is 0.264 e. The first-order chi connectivity index (χ1) is 17.3. The van der Waals surface area contributed by atoms with Crippen LogP contribution in [-0.4, -0.2) is 35.2 Å². The average molecular weight is 516 g/mol. The van der Waals surface area contributed by atoms with E-state index in [0.29, 0.717) is 11.5 Å². The first-order valence-corrected chi connectivity index (χ1v) is 12.6. The fourth-order valence-electron chi connectivity index (χ4n) is 4.35. The third kappa shape index (κ3) is 4.28. The second-order valence-electron chi connectivity index (χ2n) is 8.42. The highest BCUT2D eigenvalue weighted by Crippen LogP contribution is 2.32. The lowest BCUT2D eigenvalue weighted by Gasteiger charge is -2.14. The van der Waals surface area contributed by atoms with E-state index in [1.54, 1.807) is 0 Å². The lowest BCUT2D eigenvalue weighted by atomic mass is 10.0. The van der Waals surface area contributed by atoms with Crippen LogP contribution in [0.2, 0.25) is 0 Å². The molecule has 1 fully saturated rings. The molecule has 1 aliphatic rings. The summed E-state index contributed by atoms with van der Waals surface area (Å²) < 4.78 is 71.4. The van der Waals surface area contributed by atoms with Gasteiger partial charge >= 0.3 is 0 Å². The highest BCUT2D eigenvalue weighted by molar-refractivity contribution is 7.92. The van der Waals surface area contributed by atoms with Gasteiger partial charge in [-0.1, -0.05) is 25.0 Å². The molecule has 1 saturated carbocycles. The van der Waals surface area contributed by atoms with Crippen LogP contribution in [-0.2, 0) is 10.0 Å². The summed E-state index contributed by atoms with van der Waals surface area (Å²) in [6, 6.07) is 6.25. The maximum absolute atomic E-state index is 15.4. The van der Waals surface area contributed by atoms with Gasteiger partial charge < -0.3 is 10.3 Å². The van der Waals surface area contributed by atoms with E-state index < -0.39 is 49.4 Å². The molecule has 1 aliphatic carbocycles. The number of anilines is 2. The number of nitrogens with one attached hydrogen (secondary N) is 3. The van der Waals surface area contributed by atoms with Gasteiger partial charge in [-0.25, -0.2) is 31.6 Å². The van der Waals surface area contributed by atoms with Crippen LogP contribution in [0.3, 0.4) is 0 Å². The quantitative estimate of drug-likeness (QED) is 0.306. The maximum atomic E-state index is 15.4. The Bertz CT molecular complexity index is 1580. The van der Waals surface area contributed by atoms with Crippen LogP contribution in [0, 0.1) is 17.5 Å². The van der Waals surface area contributed by atoms with Crippen LogP contribution in [0.15, 0.2) is 53.8 Å². The second kappa shape index (κ2) is 9.26. The summed E-state index contributed by atoms with van der Waals surface area (Å²) in [6.45, 7) is 0. The summed E-state index contributed by atoms with van der Waals surface area (Å²) in [5.74, 6) is -4.36. The summed E-state index contributed by atoms with van der Waals surface area (Å²) in [4.78, 5) is 23.8. The molecule has 186 valence electrons. The van der Waals surface area contributed by atoms with Gasteiger partial charge in [0, 0.05) is 12.2 Å². The number of aromatic nitrogens is 3. The molecule has 36 heavy (non-hydrogen) atoms. The average Bonchev–Trinajstić information content (AvgIpc) is 3.51. The van der Waals surface area contributed by atoms with Crippen molar-refractivity contribution < 1.29 is 26.4 Å². The molecule has 0 spiro atoms. The fourth-order valence-corrected chi connectivity index (χ4v) is 5.49. The summed E-state index contributed by atoms with van der Waals surface area (Å²) >= 11 is 0. The molecule has 2 heterocycles. The highest BCUT2D eigenvalue weighted by atomic mass is 32.2. The van der Waals surface area contributed by atoms with Crippen LogP contribution in [0.5, 0.6) is 0 Å². The third-order valence-electron chi connectivity index (χ3n) is 6.10. The number of H-pyrrole nitrogens is 1. The Hall–Kier alpha value is -3.93. The van der Waals surface area contributed by atoms with E-state index in [4.69, 9.17) is 0 Å². The van der Waals surface area contributed by atoms with Gasteiger partial charge in [-0.3, -0.25) is 9.52 Å². The zero-order valence-corrected chi connectivity index (χ0v) is 19.5. The van der Waals surface area contributed by atoms with Gasteiger partial charge in [-0.2, -0.15) is 0 Å². The zero-order chi connectivity index (χ0) is 25.4. The Labute approximate surface area is 204 Å². The molecule has 12 heteroatoms. The molecule has 4 aromatic rings. The number of aromatic amines is 1. The number of halogens is 3. The van der Waals surface area contributed by atoms with E-state index in [1.165, 1.54) is 24.7 Å². The van der Waals surface area contributed by atoms with Crippen LogP contribution in [0.25, 0.3) is 11.0 Å². The minimum absolute atomic E-state index is 0.0852. The van der Waals surface area contributed by atoms with E-state index in [1.807, 2.05) is 4.72 Å². The number of sulfonamides is 1. The van der Waals surface area contributed by atoms with Crippen LogP contribution < -0.4 is 10.0 Å². The molecule has 2 aromatic carbocycles. The largest absolute Gasteiger partial charge is 0.367 e. The van der Waals surface area contributed by atoms with Crippen molar-refractivity contribution in [2.75, 3.05) is 10.0 Å². The van der Waals surface area contributed by atoms with E-state index in [9.17, 15) is 22.0 Å². The molecular formula is C24H20F3N5O3S. The zero-order valence-electron chi connectivity index (χ0n) is 18.7. The van der Waals surface area contributed by atoms with Gasteiger partial charge in [0.15, 0.2) is 5.82 Å². The minimum atomic E-state index is -4.57. The van der Waals surface area contributed by atoms with Gasteiger partial charge in [-0.15, -0.1) is 0 Å². The van der Waals surface area contributed by atoms with Crippen molar-refractivity contribution >= 4 is 38.3 Å². The molecule has 0 unspecified atom stereocenters. The van der Waals surface area contributed by atoms with E-state index >= 15 is 4.39 Å². The molecular weight excluding hydrogens is 495 g/mol. The number of rotatable bonds is 7. The Morgan fingerprint density at radius 1 is 1.00 bits per heavy atom. The predicted octanol–water partition coefficient (Wildman–Crippen LogP) is 4.76. The highest BCUT2D eigenvalue weighted by Gasteiger charge is 2.28. The predicted molar refractivity (Wildman–Crippen MR) is 127 cm³/mol. The van der Waals surface area contributed by atoms with Gasteiger partial charge in [0.2, 0.25) is 5.78 Å². The summed E-state index contributed by atoms with van der Waals surface area (Å²) in [5, 5.41) is 3.54. The third-order valence-corrected chi connectivity index (χ3v) is 7.50. The number of hydrogen-bond acceptors (Lipinski definition) is 6. The number of hydrogen-bond donors (Lipinski definition) is 3. The van der Waals surface area contributed by atoms with Crippen molar-refractivity contribution in [2.24, 2.45) is 0 Å². The minimum Gasteiger partial charge on any atom is -0.367 e. The standard InChI is InChI=1S/C24H20F3N5O3S/c25-15-7-3-4-8-18(15)36(34,35)32-17-10-9-16(26)20(21(17)27)22(33)14-11-28-23-19(14)24(30-12-29-23)31-13-5-1-2-6-13/h3-4,7-13,32H,1-2,5-6H2,(H2,28,29,30,31). The van der Waals surface area contributed by atoms with Gasteiger partial charge in [0.25, 0.3) is 10.0 Å². The monoisotopic (exact) mass is 515 g/mol. The summed E-state index contributed by atoms with van der Waals surface area (Å²) in [6.07, 6.45) is 6.53. The molecule has 3 N–H and O–H groups in total. The molecule has 0 bridgehead atoms. The Morgan fingerprint density at radius 2 is 1.75 bits per heavy atom. The summed E-state index contributed by atoms with van der Waals surface area (Å²) in [7, 11) is -4.57. The first kappa shape index (κ1) is 23.8. The Kier molecular flexibility index (Phi) is 6.12. The van der Waals surface area contributed by atoms with Crippen molar-refractivity contribution in [3.8, 4) is 0 Å². The number of benzene rings is 2. The topological polar surface area (TPSA) is 117 Å². The van der Waals surface area contributed by atoms with Crippen molar-refractivity contribution in [3.05, 3.63) is 77.5 Å². The Morgan fingerprint density at radius 3 is 2.50 bits per heavy atom. The van der Waals surface area contributed by atoms with Crippen molar-refractivity contribution in [3.63, 3.8) is 0 Å². The van der Waals surface area contributed by atoms with Crippen LogP contribution >= 0.6 is 0 Å². The molecule has 0 saturated heterocycles. The van der Waals surface area contributed by atoms with E-state index in [0.717, 1.165) is 49.9 Å². The number of nitrogens with zero attached hydrogens (tertiary/aromatic N) is 2. The first-order valence-electron chi connectivity index (χ1n) is 11.1. The Balaban J connectivity index is 1.54. The normalized spacial score (nSPS) is 14.3. The molecule has 0 aliphatic heterocycles. The fraction of sp³-hybridized carbons (Fsp3) is 0.208. The summed E-state index contributed by atoms with van der Waals surface area (Å²) in [5.41, 5.74) is -1.47. The number of fused-ring (bicyclic) bond motifs is 1. The van der Waals surface area contributed by atoms with Crippen molar-refractivity contribution in [1.29, 1.82) is 0 Å².